The molecule has 0 atom stereocenters. The minimum atomic E-state index is 0.611. The predicted octanol–water partition coefficient (Wildman–Crippen LogP) is 4.86. The van der Waals surface area contributed by atoms with Crippen molar-refractivity contribution in [3.63, 3.8) is 0 Å². The van der Waals surface area contributed by atoms with E-state index in [-0.39, 0.29) is 0 Å². The van der Waals surface area contributed by atoms with Crippen molar-refractivity contribution in [2.24, 2.45) is 0 Å². The Kier molecular flexibility index (Phi) is 8.42. The van der Waals surface area contributed by atoms with Crippen molar-refractivity contribution in [3.8, 4) is 56.4 Å². The van der Waals surface area contributed by atoms with Crippen LogP contribution >= 0.6 is 0 Å². The molecule has 0 unspecified atom stereocenters. The molecule has 0 bridgehead atoms. The molecule has 11 aromatic rings. The number of rotatable bonds is 5. The Morgan fingerprint density at radius 3 is 1.45 bits per heavy atom. The fraction of sp³-hybridized carbons (Fsp3) is 0. The molecular weight excluding hydrogens is 725 g/mol. The molecule has 0 fully saturated rings. The minimum Gasteiger partial charge on any atom is -0.455 e. The molecule has 2 heterocycles. The van der Waals surface area contributed by atoms with E-state index < -0.39 is 0 Å². The van der Waals surface area contributed by atoms with Gasteiger partial charge in [-0.2, -0.15) is 0 Å². The van der Waals surface area contributed by atoms with Gasteiger partial charge in [0, 0.05) is 33.0 Å². The molecule has 2 aromatic heterocycles. The first kappa shape index (κ1) is 36.0. The van der Waals surface area contributed by atoms with Crippen molar-refractivity contribution in [1.82, 2.24) is 15.0 Å². The fourth-order valence-electron chi connectivity index (χ4n) is 9.34. The third kappa shape index (κ3) is 5.72. The van der Waals surface area contributed by atoms with Crippen molar-refractivity contribution < 1.29 is 4.42 Å². The molecule has 0 aliphatic heterocycles. The molecule has 9 heteroatoms. The molecule has 0 saturated carbocycles. The Morgan fingerprint density at radius 1 is 0.317 bits per heavy atom. The largest absolute Gasteiger partial charge is 0.455 e. The Balaban J connectivity index is 1.05. The minimum absolute atomic E-state index is 0.611. The van der Waals surface area contributed by atoms with Crippen LogP contribution in [-0.2, 0) is 0 Å². The molecule has 4 nitrogen and oxygen atoms in total. The lowest BCUT2D eigenvalue weighted by molar-refractivity contribution is 0.670. The number of aromatic nitrogens is 3. The van der Waals surface area contributed by atoms with E-state index >= 15 is 0 Å². The summed E-state index contributed by atoms with van der Waals surface area (Å²) in [7, 11) is 11.1. The molecule has 0 amide bonds. The molecule has 60 heavy (non-hydrogen) atoms. The zero-order valence-corrected chi connectivity index (χ0v) is 34.3. The molecule has 11 rings (SSSR count). The third-order valence-corrected chi connectivity index (χ3v) is 12.9. The van der Waals surface area contributed by atoms with Crippen molar-refractivity contribution in [2.45, 2.75) is 0 Å². The van der Waals surface area contributed by atoms with Gasteiger partial charge in [-0.05, 0) is 79.3 Å². The summed E-state index contributed by atoms with van der Waals surface area (Å²) in [6.07, 6.45) is 0. The summed E-state index contributed by atoms with van der Waals surface area (Å²) < 4.78 is 6.73. The highest BCUT2D eigenvalue weighted by Gasteiger charge is 2.19. The summed E-state index contributed by atoms with van der Waals surface area (Å²) in [4.78, 5) is 15.4. The zero-order valence-electron chi connectivity index (χ0n) is 34.3. The molecule has 0 aliphatic carbocycles. The molecular formula is C51H36B5N3O. The second-order valence-electron chi connectivity index (χ2n) is 16.1. The number of nitrogens with zero attached hydrogens (tertiary/aromatic N) is 3. The molecule has 0 spiro atoms. The van der Waals surface area contributed by atoms with E-state index in [0.717, 1.165) is 55.3 Å². The third-order valence-electron chi connectivity index (χ3n) is 12.9. The molecule has 0 aliphatic rings. The van der Waals surface area contributed by atoms with Gasteiger partial charge in [-0.25, -0.2) is 15.0 Å². The molecule has 0 saturated heterocycles. The van der Waals surface area contributed by atoms with E-state index in [0.29, 0.717) is 17.5 Å². The maximum atomic E-state index is 6.73. The van der Waals surface area contributed by atoms with Gasteiger partial charge >= 0.3 is 0 Å². The monoisotopic (exact) mass is 761 g/mol. The van der Waals surface area contributed by atoms with E-state index in [1.807, 2.05) is 24.3 Å². The summed E-state index contributed by atoms with van der Waals surface area (Å²) in [6.45, 7) is 0. The lowest BCUT2D eigenvalue weighted by Gasteiger charge is -2.20. The van der Waals surface area contributed by atoms with Crippen LogP contribution in [0.3, 0.4) is 0 Å². The van der Waals surface area contributed by atoms with Crippen LogP contribution in [0.15, 0.2) is 162 Å². The van der Waals surface area contributed by atoms with Crippen LogP contribution < -0.4 is 27.3 Å². The van der Waals surface area contributed by atoms with Crippen molar-refractivity contribution in [1.29, 1.82) is 0 Å². The average Bonchev–Trinajstić information content (AvgIpc) is 3.69. The van der Waals surface area contributed by atoms with Gasteiger partial charge in [0.25, 0.3) is 0 Å². The second-order valence-corrected chi connectivity index (χ2v) is 16.1. The van der Waals surface area contributed by atoms with Crippen molar-refractivity contribution >= 4 is 121 Å². The molecule has 0 radical (unpaired) electrons. The summed E-state index contributed by atoms with van der Waals surface area (Å²) >= 11 is 0. The van der Waals surface area contributed by atoms with Crippen LogP contribution in [-0.4, -0.2) is 54.2 Å². The highest BCUT2D eigenvalue weighted by Crippen LogP contribution is 2.41. The highest BCUT2D eigenvalue weighted by atomic mass is 16.3. The number of benzene rings is 9. The van der Waals surface area contributed by atoms with Crippen molar-refractivity contribution in [3.05, 3.63) is 158 Å². The first-order chi connectivity index (χ1) is 29.3. The van der Waals surface area contributed by atoms with E-state index in [1.165, 1.54) is 65.2 Å². The summed E-state index contributed by atoms with van der Waals surface area (Å²) in [5.41, 5.74) is 15.7. The maximum absolute atomic E-state index is 6.73. The summed E-state index contributed by atoms with van der Waals surface area (Å²) in [5, 5.41) is 9.59. The molecule has 9 aromatic carbocycles. The lowest BCUT2D eigenvalue weighted by Crippen LogP contribution is -2.55. The lowest BCUT2D eigenvalue weighted by atomic mass is 9.59. The van der Waals surface area contributed by atoms with Gasteiger partial charge in [0.1, 0.15) is 50.4 Å². The predicted molar refractivity (Wildman–Crippen MR) is 268 cm³/mol. The Bertz CT molecular complexity index is 3500. The van der Waals surface area contributed by atoms with Crippen molar-refractivity contribution in [2.75, 3.05) is 0 Å². The Labute approximate surface area is 352 Å². The quantitative estimate of drug-likeness (QED) is 0.186. The highest BCUT2D eigenvalue weighted by molar-refractivity contribution is 6.68. The maximum Gasteiger partial charge on any atom is 0.164 e. The van der Waals surface area contributed by atoms with Gasteiger partial charge in [-0.3, -0.25) is 0 Å². The standard InChI is InChI=1S/C51H36B5N3O/c52-43-42(44(53)46(55)47(56)45(43)54)29-12-8-13-30(24-29)50-57-49(27-10-2-1-3-11-27)58-51(59-50)31-21-23-41-40(26-31)38-19-9-18-32(48(38)60-41)28-20-22-37-35-16-5-4-14-33(35)34-15-6-7-17-36(34)39(37)25-28/h1-26H,52-56H2. The van der Waals surface area contributed by atoms with Crippen LogP contribution in [0.5, 0.6) is 0 Å². The van der Waals surface area contributed by atoms with Gasteiger partial charge in [-0.15, -0.1) is 16.4 Å². The van der Waals surface area contributed by atoms with Gasteiger partial charge in [0.05, 0.1) is 0 Å². The number of fused-ring (bicyclic) bond motifs is 9. The smallest absolute Gasteiger partial charge is 0.164 e. The topological polar surface area (TPSA) is 51.8 Å². The van der Waals surface area contributed by atoms with E-state index in [1.54, 1.807) is 0 Å². The van der Waals surface area contributed by atoms with E-state index in [4.69, 9.17) is 19.4 Å². The summed E-state index contributed by atoms with van der Waals surface area (Å²) in [5.74, 6) is 1.87. The normalized spacial score (nSPS) is 11.7. The fourth-order valence-corrected chi connectivity index (χ4v) is 9.34. The van der Waals surface area contributed by atoms with Crippen LogP contribution in [0.2, 0.25) is 0 Å². The Hall–Kier alpha value is -7.11. The van der Waals surface area contributed by atoms with E-state index in [2.05, 4.69) is 173 Å². The van der Waals surface area contributed by atoms with Crippen LogP contribution in [0.25, 0.3) is 111 Å². The second kappa shape index (κ2) is 14.0. The molecule has 276 valence electrons. The first-order valence-electron chi connectivity index (χ1n) is 20.6. The number of furan rings is 1. The summed E-state index contributed by atoms with van der Waals surface area (Å²) in [6, 6.07) is 55.8. The number of hydrogen-bond acceptors (Lipinski definition) is 4. The average molecular weight is 761 g/mol. The zero-order chi connectivity index (χ0) is 40.6. The SMILES string of the molecule is Bc1c(B)c(B)c(-c2cccc(-c3nc(-c4ccccc4)nc(-c4ccc5oc6c(-c7ccc8c9ccccc9c9ccccc9c8c7)cccc6c5c4)n3)c2)c(B)c1B. The van der Waals surface area contributed by atoms with Crippen LogP contribution in [0.1, 0.15) is 0 Å². The first-order valence-corrected chi connectivity index (χ1v) is 20.6. The van der Waals surface area contributed by atoms with Gasteiger partial charge in [0.2, 0.25) is 0 Å². The van der Waals surface area contributed by atoms with Gasteiger partial charge in [0.15, 0.2) is 17.5 Å². The van der Waals surface area contributed by atoms with Crippen LogP contribution in [0, 0.1) is 0 Å². The van der Waals surface area contributed by atoms with Gasteiger partial charge in [-0.1, -0.05) is 138 Å². The van der Waals surface area contributed by atoms with E-state index in [9.17, 15) is 0 Å². The Morgan fingerprint density at radius 2 is 0.783 bits per heavy atom. The molecule has 0 N–H and O–H groups in total. The number of hydrogen-bond donors (Lipinski definition) is 0. The van der Waals surface area contributed by atoms with Gasteiger partial charge < -0.3 is 4.42 Å². The van der Waals surface area contributed by atoms with Crippen LogP contribution in [0.4, 0.5) is 0 Å². The number of para-hydroxylation sites is 1.